The van der Waals surface area contributed by atoms with Gasteiger partial charge in [-0.25, -0.2) is 0 Å². The van der Waals surface area contributed by atoms with E-state index >= 15 is 0 Å². The summed E-state index contributed by atoms with van der Waals surface area (Å²) in [6, 6.07) is 9.90. The second-order valence-electron chi connectivity index (χ2n) is 5.75. The number of benzene rings is 1. The third-order valence-corrected chi connectivity index (χ3v) is 4.30. The molecule has 1 aromatic carbocycles. The molecular formula is C17H27NO. The Bertz CT molecular complexity index is 367. The molecule has 1 heterocycles. The highest BCUT2D eigenvalue weighted by Gasteiger charge is 2.21. The number of hydrogen-bond acceptors (Lipinski definition) is 2. The first kappa shape index (κ1) is 14.5. The van der Waals surface area contributed by atoms with Crippen LogP contribution in [0.25, 0.3) is 0 Å². The largest absolute Gasteiger partial charge is 0.381 e. The zero-order chi connectivity index (χ0) is 13.7. The molecule has 0 aromatic heterocycles. The van der Waals surface area contributed by atoms with Crippen LogP contribution in [0, 0.1) is 5.92 Å². The molecule has 19 heavy (non-hydrogen) atoms. The van der Waals surface area contributed by atoms with Crippen molar-refractivity contribution in [2.45, 2.75) is 52.1 Å². The third kappa shape index (κ3) is 4.05. The number of aryl methyl sites for hydroxylation is 1. The van der Waals surface area contributed by atoms with Gasteiger partial charge in [-0.05, 0) is 50.2 Å². The van der Waals surface area contributed by atoms with Crippen molar-refractivity contribution in [2.75, 3.05) is 13.2 Å². The van der Waals surface area contributed by atoms with Gasteiger partial charge in [-0.1, -0.05) is 31.2 Å². The van der Waals surface area contributed by atoms with Crippen LogP contribution < -0.4 is 5.32 Å². The Balaban J connectivity index is 1.89. The highest BCUT2D eigenvalue weighted by molar-refractivity contribution is 5.24. The van der Waals surface area contributed by atoms with Gasteiger partial charge in [-0.15, -0.1) is 0 Å². The number of hydrogen-bond donors (Lipinski definition) is 1. The third-order valence-electron chi connectivity index (χ3n) is 4.30. The maximum Gasteiger partial charge on any atom is 0.0509 e. The first-order chi connectivity index (χ1) is 9.20. The van der Waals surface area contributed by atoms with E-state index in [0.29, 0.717) is 18.0 Å². The van der Waals surface area contributed by atoms with E-state index in [2.05, 4.69) is 50.4 Å². The Morgan fingerprint density at radius 2 is 2.00 bits per heavy atom. The molecule has 0 amide bonds. The van der Waals surface area contributed by atoms with E-state index in [9.17, 15) is 0 Å². The predicted octanol–water partition coefficient (Wildman–Crippen LogP) is 3.71. The van der Waals surface area contributed by atoms with Crippen molar-refractivity contribution in [3.63, 3.8) is 0 Å². The minimum Gasteiger partial charge on any atom is -0.381 e. The van der Waals surface area contributed by atoms with Crippen LogP contribution in [-0.2, 0) is 11.2 Å². The van der Waals surface area contributed by atoms with E-state index in [4.69, 9.17) is 4.74 Å². The van der Waals surface area contributed by atoms with Crippen LogP contribution in [0.2, 0.25) is 0 Å². The summed E-state index contributed by atoms with van der Waals surface area (Å²) in [5.74, 6) is 0.658. The van der Waals surface area contributed by atoms with Crippen LogP contribution >= 0.6 is 0 Å². The zero-order valence-electron chi connectivity index (χ0n) is 12.5. The summed E-state index contributed by atoms with van der Waals surface area (Å²) in [6.45, 7) is 8.59. The Morgan fingerprint density at radius 1 is 1.26 bits per heavy atom. The van der Waals surface area contributed by atoms with Crippen molar-refractivity contribution < 1.29 is 4.74 Å². The lowest BCUT2D eigenvalue weighted by atomic mass is 9.93. The lowest BCUT2D eigenvalue weighted by molar-refractivity contribution is 0.0405. The fraction of sp³-hybridized carbons (Fsp3) is 0.647. The minimum absolute atomic E-state index is 0.405. The molecule has 3 atom stereocenters. The zero-order valence-corrected chi connectivity index (χ0v) is 12.5. The van der Waals surface area contributed by atoms with E-state index < -0.39 is 0 Å². The standard InChI is InChI=1S/C17H27NO/c1-4-15-7-9-16(10-8-15)13(2)18-14(3)17-6-5-11-19-12-17/h7-10,13-14,17-18H,4-6,11-12H2,1-3H3/t13-,14-,17+/m0/s1. The van der Waals surface area contributed by atoms with Crippen LogP contribution in [0.15, 0.2) is 24.3 Å². The number of ether oxygens (including phenoxy) is 1. The summed E-state index contributed by atoms with van der Waals surface area (Å²) in [7, 11) is 0. The lowest BCUT2D eigenvalue weighted by Gasteiger charge is -2.30. The normalized spacial score (nSPS) is 23.0. The summed E-state index contributed by atoms with van der Waals surface area (Å²) in [4.78, 5) is 0. The number of rotatable bonds is 5. The first-order valence-electron chi connectivity index (χ1n) is 7.63. The Morgan fingerprint density at radius 3 is 2.58 bits per heavy atom. The molecule has 0 unspecified atom stereocenters. The molecular weight excluding hydrogens is 234 g/mol. The van der Waals surface area contributed by atoms with Crippen molar-refractivity contribution in [3.05, 3.63) is 35.4 Å². The molecule has 1 aliphatic heterocycles. The molecule has 0 bridgehead atoms. The van der Waals surface area contributed by atoms with Gasteiger partial charge >= 0.3 is 0 Å². The second kappa shape index (κ2) is 7.06. The molecule has 2 rings (SSSR count). The van der Waals surface area contributed by atoms with Crippen molar-refractivity contribution >= 4 is 0 Å². The quantitative estimate of drug-likeness (QED) is 0.872. The predicted molar refractivity (Wildman–Crippen MR) is 80.4 cm³/mol. The number of nitrogens with one attached hydrogen (secondary N) is 1. The van der Waals surface area contributed by atoms with E-state index in [1.807, 2.05) is 0 Å². The van der Waals surface area contributed by atoms with Crippen LogP contribution in [0.3, 0.4) is 0 Å². The van der Waals surface area contributed by atoms with Gasteiger partial charge in [0.25, 0.3) is 0 Å². The molecule has 1 saturated heterocycles. The highest BCUT2D eigenvalue weighted by atomic mass is 16.5. The summed E-state index contributed by atoms with van der Waals surface area (Å²) in [5.41, 5.74) is 2.78. The average Bonchev–Trinajstić information content (AvgIpc) is 2.48. The second-order valence-corrected chi connectivity index (χ2v) is 5.75. The fourth-order valence-corrected chi connectivity index (χ4v) is 2.83. The van der Waals surface area contributed by atoms with E-state index in [1.165, 1.54) is 24.0 Å². The van der Waals surface area contributed by atoms with Gasteiger partial charge < -0.3 is 10.1 Å². The van der Waals surface area contributed by atoms with Crippen LogP contribution in [-0.4, -0.2) is 19.3 Å². The van der Waals surface area contributed by atoms with Crippen molar-refractivity contribution in [3.8, 4) is 0 Å². The lowest BCUT2D eigenvalue weighted by Crippen LogP contribution is -2.39. The van der Waals surface area contributed by atoms with Gasteiger partial charge in [0, 0.05) is 18.7 Å². The van der Waals surface area contributed by atoms with Crippen molar-refractivity contribution in [2.24, 2.45) is 5.92 Å². The molecule has 0 radical (unpaired) electrons. The molecule has 2 heteroatoms. The molecule has 0 saturated carbocycles. The smallest absolute Gasteiger partial charge is 0.0509 e. The molecule has 1 aliphatic rings. The van der Waals surface area contributed by atoms with Gasteiger partial charge in [0.15, 0.2) is 0 Å². The summed E-state index contributed by atoms with van der Waals surface area (Å²) in [5, 5.41) is 3.72. The first-order valence-corrected chi connectivity index (χ1v) is 7.63. The SMILES string of the molecule is CCc1ccc([C@H](C)N[C@@H](C)[C@@H]2CCCOC2)cc1. The fourth-order valence-electron chi connectivity index (χ4n) is 2.83. The maximum absolute atomic E-state index is 5.58. The molecule has 1 N–H and O–H groups in total. The minimum atomic E-state index is 0.405. The van der Waals surface area contributed by atoms with Crippen LogP contribution in [0.4, 0.5) is 0 Å². The van der Waals surface area contributed by atoms with Gasteiger partial charge in [0.2, 0.25) is 0 Å². The van der Waals surface area contributed by atoms with E-state index in [-0.39, 0.29) is 0 Å². The molecule has 1 fully saturated rings. The maximum atomic E-state index is 5.58. The Labute approximate surface area is 117 Å². The monoisotopic (exact) mass is 261 g/mol. The van der Waals surface area contributed by atoms with E-state index in [1.54, 1.807) is 0 Å². The highest BCUT2D eigenvalue weighted by Crippen LogP contribution is 2.21. The van der Waals surface area contributed by atoms with E-state index in [0.717, 1.165) is 19.6 Å². The van der Waals surface area contributed by atoms with Crippen LogP contribution in [0.1, 0.15) is 50.8 Å². The van der Waals surface area contributed by atoms with Gasteiger partial charge in [0.05, 0.1) is 6.61 Å². The molecule has 1 aromatic rings. The molecule has 0 aliphatic carbocycles. The molecule has 106 valence electrons. The van der Waals surface area contributed by atoms with Gasteiger partial charge in [0.1, 0.15) is 0 Å². The summed E-state index contributed by atoms with van der Waals surface area (Å²) < 4.78 is 5.58. The molecule has 0 spiro atoms. The Hall–Kier alpha value is -0.860. The van der Waals surface area contributed by atoms with Gasteiger partial charge in [-0.2, -0.15) is 0 Å². The van der Waals surface area contributed by atoms with Crippen molar-refractivity contribution in [1.29, 1.82) is 0 Å². The van der Waals surface area contributed by atoms with Crippen LogP contribution in [0.5, 0.6) is 0 Å². The summed E-state index contributed by atoms with van der Waals surface area (Å²) >= 11 is 0. The topological polar surface area (TPSA) is 21.3 Å². The Kier molecular flexibility index (Phi) is 5.41. The van der Waals surface area contributed by atoms with Crippen molar-refractivity contribution in [1.82, 2.24) is 5.32 Å². The summed E-state index contributed by atoms with van der Waals surface area (Å²) in [6.07, 6.45) is 3.60. The van der Waals surface area contributed by atoms with Gasteiger partial charge in [-0.3, -0.25) is 0 Å². The average molecular weight is 261 g/mol. The molecule has 2 nitrogen and oxygen atoms in total.